The summed E-state index contributed by atoms with van der Waals surface area (Å²) >= 11 is 0. The predicted octanol–water partition coefficient (Wildman–Crippen LogP) is 1.51. The van der Waals surface area contributed by atoms with Crippen LogP contribution in [0.5, 0.6) is 23.0 Å². The van der Waals surface area contributed by atoms with Crippen LogP contribution in [-0.2, 0) is 9.53 Å². The Hall–Kier alpha value is -3.42. The lowest BCUT2D eigenvalue weighted by molar-refractivity contribution is -0.124. The number of phenolic OH excluding ortho intramolecular Hbond substituents is 1. The molecule has 0 saturated carbocycles. The van der Waals surface area contributed by atoms with Crippen LogP contribution in [-0.4, -0.2) is 50.0 Å². The number of aromatic hydroxyl groups is 1. The number of hydrogen-bond donors (Lipinski definition) is 2. The Bertz CT molecular complexity index is 837. The minimum Gasteiger partial charge on any atom is -0.507 e. The minimum atomic E-state index is -0.809. The molecule has 1 heterocycles. The van der Waals surface area contributed by atoms with Gasteiger partial charge in [0.05, 0.1) is 13.7 Å². The van der Waals surface area contributed by atoms with E-state index in [1.54, 1.807) is 12.1 Å². The second kappa shape index (κ2) is 8.31. The summed E-state index contributed by atoms with van der Waals surface area (Å²) in [5.41, 5.74) is -0.0516. The van der Waals surface area contributed by atoms with Crippen molar-refractivity contribution in [2.75, 3.05) is 26.9 Å². The lowest BCUT2D eigenvalue weighted by Gasteiger charge is -2.26. The number of benzene rings is 2. The fourth-order valence-electron chi connectivity index (χ4n) is 2.46. The number of carbonyl (C=O) groups is 2. The van der Waals surface area contributed by atoms with Gasteiger partial charge in [0.2, 0.25) is 0 Å². The van der Waals surface area contributed by atoms with E-state index in [4.69, 9.17) is 18.9 Å². The molecule has 2 aromatic rings. The topological polar surface area (TPSA) is 103 Å². The number of para-hydroxylation sites is 2. The number of rotatable bonds is 6. The molecule has 8 heteroatoms. The van der Waals surface area contributed by atoms with Crippen LogP contribution in [0, 0.1) is 0 Å². The van der Waals surface area contributed by atoms with Gasteiger partial charge >= 0.3 is 5.97 Å². The van der Waals surface area contributed by atoms with Crippen LogP contribution in [0.25, 0.3) is 0 Å². The zero-order valence-corrected chi connectivity index (χ0v) is 14.6. The molecular weight excluding hydrogens is 354 g/mol. The van der Waals surface area contributed by atoms with Gasteiger partial charge in [-0.1, -0.05) is 12.1 Å². The summed E-state index contributed by atoms with van der Waals surface area (Å²) in [7, 11) is 1.44. The minimum absolute atomic E-state index is 0.0516. The Balaban J connectivity index is 1.44. The summed E-state index contributed by atoms with van der Waals surface area (Å²) in [5, 5.41) is 12.4. The van der Waals surface area contributed by atoms with Gasteiger partial charge in [0.1, 0.15) is 29.8 Å². The molecule has 0 spiro atoms. The average molecular weight is 373 g/mol. The number of methoxy groups -OCH3 is 1. The molecule has 0 fully saturated rings. The van der Waals surface area contributed by atoms with Gasteiger partial charge in [-0.05, 0) is 24.3 Å². The molecule has 0 saturated heterocycles. The molecule has 8 nitrogen and oxygen atoms in total. The molecule has 1 aliphatic rings. The standard InChI is InChI=1S/C19H19NO7/c1-24-12-6-7-14(15(21)8-12)19(23)26-11-18(22)20-9-13-10-25-16-4-2-3-5-17(16)27-13/h2-8,13,21H,9-11H2,1H3,(H,20,22)/t13-/m0/s1. The molecule has 3 rings (SSSR count). The highest BCUT2D eigenvalue weighted by Gasteiger charge is 2.21. The molecule has 2 N–H and O–H groups in total. The van der Waals surface area contributed by atoms with Crippen molar-refractivity contribution in [2.24, 2.45) is 0 Å². The highest BCUT2D eigenvalue weighted by Crippen LogP contribution is 2.30. The van der Waals surface area contributed by atoms with Crippen LogP contribution in [0.4, 0.5) is 0 Å². The smallest absolute Gasteiger partial charge is 0.342 e. The van der Waals surface area contributed by atoms with Crippen molar-refractivity contribution in [3.63, 3.8) is 0 Å². The average Bonchev–Trinajstić information content (AvgIpc) is 2.70. The number of ether oxygens (including phenoxy) is 4. The Morgan fingerprint density at radius 3 is 2.74 bits per heavy atom. The summed E-state index contributed by atoms with van der Waals surface area (Å²) in [5.74, 6) is 0.0947. The normalized spacial score (nSPS) is 14.9. The molecule has 1 amide bonds. The number of esters is 1. The van der Waals surface area contributed by atoms with Crippen LogP contribution in [0.1, 0.15) is 10.4 Å². The number of carbonyl (C=O) groups excluding carboxylic acids is 2. The summed E-state index contributed by atoms with van der Waals surface area (Å²) in [6.07, 6.45) is -0.342. The van der Waals surface area contributed by atoms with E-state index in [-0.39, 0.29) is 24.0 Å². The molecule has 0 unspecified atom stereocenters. The molecule has 142 valence electrons. The zero-order valence-electron chi connectivity index (χ0n) is 14.6. The van der Waals surface area contributed by atoms with Gasteiger partial charge < -0.3 is 29.4 Å². The maximum atomic E-state index is 12.0. The monoisotopic (exact) mass is 373 g/mol. The van der Waals surface area contributed by atoms with Crippen LogP contribution < -0.4 is 19.5 Å². The Morgan fingerprint density at radius 2 is 2.00 bits per heavy atom. The predicted molar refractivity (Wildman–Crippen MR) is 94.3 cm³/mol. The van der Waals surface area contributed by atoms with Gasteiger partial charge in [-0.3, -0.25) is 4.79 Å². The third-order valence-electron chi connectivity index (χ3n) is 3.85. The zero-order chi connectivity index (χ0) is 19.2. The molecular formula is C19H19NO7. The molecule has 0 aromatic heterocycles. The second-order valence-electron chi connectivity index (χ2n) is 5.76. The van der Waals surface area contributed by atoms with Gasteiger partial charge in [-0.2, -0.15) is 0 Å². The number of amides is 1. The third-order valence-corrected chi connectivity index (χ3v) is 3.85. The van der Waals surface area contributed by atoms with E-state index in [0.717, 1.165) is 0 Å². The second-order valence-corrected chi connectivity index (χ2v) is 5.76. The van der Waals surface area contributed by atoms with Crippen molar-refractivity contribution >= 4 is 11.9 Å². The maximum absolute atomic E-state index is 12.0. The van der Waals surface area contributed by atoms with Gasteiger partial charge in [0.15, 0.2) is 18.1 Å². The van der Waals surface area contributed by atoms with E-state index in [1.807, 2.05) is 12.1 Å². The largest absolute Gasteiger partial charge is 0.507 e. The van der Waals surface area contributed by atoms with Gasteiger partial charge in [0.25, 0.3) is 5.91 Å². The van der Waals surface area contributed by atoms with E-state index < -0.39 is 18.5 Å². The number of hydrogen-bond acceptors (Lipinski definition) is 7. The molecule has 0 aliphatic carbocycles. The highest BCUT2D eigenvalue weighted by molar-refractivity contribution is 5.94. The fourth-order valence-corrected chi connectivity index (χ4v) is 2.46. The van der Waals surface area contributed by atoms with Crippen molar-refractivity contribution < 1.29 is 33.6 Å². The summed E-state index contributed by atoms with van der Waals surface area (Å²) in [4.78, 5) is 23.9. The van der Waals surface area contributed by atoms with Crippen molar-refractivity contribution in [1.29, 1.82) is 0 Å². The first kappa shape index (κ1) is 18.4. The van der Waals surface area contributed by atoms with E-state index in [9.17, 15) is 14.7 Å². The SMILES string of the molecule is COc1ccc(C(=O)OCC(=O)NC[C@H]2COc3ccccc3O2)c(O)c1. The summed E-state index contributed by atoms with van der Waals surface area (Å²) in [6.45, 7) is 0.0315. The molecule has 0 bridgehead atoms. The number of phenols is 1. The summed E-state index contributed by atoms with van der Waals surface area (Å²) < 4.78 is 21.1. The van der Waals surface area contributed by atoms with E-state index in [0.29, 0.717) is 23.9 Å². The van der Waals surface area contributed by atoms with Gasteiger partial charge in [-0.25, -0.2) is 4.79 Å². The lowest BCUT2D eigenvalue weighted by atomic mass is 10.2. The molecule has 1 atom stereocenters. The Labute approximate surface area is 155 Å². The van der Waals surface area contributed by atoms with Gasteiger partial charge in [0, 0.05) is 6.07 Å². The Kier molecular flexibility index (Phi) is 5.65. The van der Waals surface area contributed by atoms with E-state index >= 15 is 0 Å². The molecule has 0 radical (unpaired) electrons. The lowest BCUT2D eigenvalue weighted by Crippen LogP contribution is -2.42. The molecule has 1 aliphatic heterocycles. The first-order valence-corrected chi connectivity index (χ1v) is 8.26. The van der Waals surface area contributed by atoms with Crippen molar-refractivity contribution in [3.8, 4) is 23.0 Å². The fraction of sp³-hybridized carbons (Fsp3) is 0.263. The number of nitrogens with one attached hydrogen (secondary N) is 1. The van der Waals surface area contributed by atoms with E-state index in [2.05, 4.69) is 5.32 Å². The van der Waals surface area contributed by atoms with Crippen molar-refractivity contribution in [1.82, 2.24) is 5.32 Å². The number of fused-ring (bicyclic) bond motifs is 1. The van der Waals surface area contributed by atoms with Crippen molar-refractivity contribution in [2.45, 2.75) is 6.10 Å². The third kappa shape index (κ3) is 4.60. The van der Waals surface area contributed by atoms with Crippen LogP contribution in [0.2, 0.25) is 0 Å². The Morgan fingerprint density at radius 1 is 1.22 bits per heavy atom. The molecule has 2 aromatic carbocycles. The van der Waals surface area contributed by atoms with E-state index in [1.165, 1.54) is 25.3 Å². The van der Waals surface area contributed by atoms with Crippen molar-refractivity contribution in [3.05, 3.63) is 48.0 Å². The van der Waals surface area contributed by atoms with Gasteiger partial charge in [-0.15, -0.1) is 0 Å². The maximum Gasteiger partial charge on any atom is 0.342 e. The van der Waals surface area contributed by atoms with Crippen LogP contribution in [0.15, 0.2) is 42.5 Å². The quantitative estimate of drug-likeness (QED) is 0.740. The van der Waals surface area contributed by atoms with Crippen LogP contribution >= 0.6 is 0 Å². The highest BCUT2D eigenvalue weighted by atomic mass is 16.6. The summed E-state index contributed by atoms with van der Waals surface area (Å²) in [6, 6.07) is 11.4. The first-order chi connectivity index (χ1) is 13.1. The molecule has 27 heavy (non-hydrogen) atoms. The van der Waals surface area contributed by atoms with Crippen LogP contribution in [0.3, 0.4) is 0 Å². The first-order valence-electron chi connectivity index (χ1n) is 8.26.